The molecule has 1 fully saturated rings. The minimum absolute atomic E-state index is 0.00116. The summed E-state index contributed by atoms with van der Waals surface area (Å²) in [6.45, 7) is 7.06. The molecule has 7 heteroatoms. The Morgan fingerprint density at radius 3 is 2.36 bits per heavy atom. The van der Waals surface area contributed by atoms with Crippen LogP contribution in [0.2, 0.25) is 0 Å². The van der Waals surface area contributed by atoms with Gasteiger partial charge in [0.25, 0.3) is 5.92 Å². The lowest BCUT2D eigenvalue weighted by atomic mass is 9.77. The number of hydrogen-bond acceptors (Lipinski definition) is 4. The van der Waals surface area contributed by atoms with Crippen LogP contribution >= 0.6 is 0 Å². The second-order valence-electron chi connectivity index (χ2n) is 10.6. The molecule has 1 N–H and O–H groups in total. The van der Waals surface area contributed by atoms with Gasteiger partial charge in [0.15, 0.2) is 5.78 Å². The first-order chi connectivity index (χ1) is 16.9. The second-order valence-corrected chi connectivity index (χ2v) is 10.6. The molecule has 1 aromatic carbocycles. The number of likely N-dealkylation sites (N-methyl/N-ethyl adjacent to an activating group) is 1. The van der Waals surface area contributed by atoms with Gasteiger partial charge in [-0.05, 0) is 83.0 Å². The summed E-state index contributed by atoms with van der Waals surface area (Å²) in [5.74, 6) is -3.58. The van der Waals surface area contributed by atoms with Crippen LogP contribution in [0.15, 0.2) is 36.5 Å². The van der Waals surface area contributed by atoms with E-state index >= 15 is 0 Å². The number of nitrogens with zero attached hydrogens (tertiary/aromatic N) is 2. The summed E-state index contributed by atoms with van der Waals surface area (Å²) < 4.78 is 29.3. The number of alkyl halides is 2. The smallest absolute Gasteiger partial charge is 0.251 e. The van der Waals surface area contributed by atoms with Crippen LogP contribution in [0.4, 0.5) is 8.78 Å². The Hall–Kier alpha value is -2.67. The van der Waals surface area contributed by atoms with E-state index in [9.17, 15) is 18.4 Å². The third-order valence-electron chi connectivity index (χ3n) is 7.76. The predicted molar refractivity (Wildman–Crippen MR) is 139 cm³/mol. The highest BCUT2D eigenvalue weighted by Crippen LogP contribution is 2.65. The first-order valence-corrected chi connectivity index (χ1v) is 12.7. The van der Waals surface area contributed by atoms with Crippen LogP contribution in [0.3, 0.4) is 0 Å². The van der Waals surface area contributed by atoms with Gasteiger partial charge in [-0.2, -0.15) is 0 Å². The molecule has 5 nitrogen and oxygen atoms in total. The maximum atomic E-state index is 14.6. The number of halogens is 2. The van der Waals surface area contributed by atoms with Crippen molar-refractivity contribution in [3.63, 3.8) is 0 Å². The van der Waals surface area contributed by atoms with Crippen molar-refractivity contribution in [1.29, 1.82) is 0 Å². The van der Waals surface area contributed by atoms with E-state index in [-0.39, 0.29) is 24.2 Å². The zero-order valence-electron chi connectivity index (χ0n) is 22.3. The normalized spacial score (nSPS) is 16.5. The van der Waals surface area contributed by atoms with E-state index in [4.69, 9.17) is 0 Å². The average molecular weight is 500 g/mol. The highest BCUT2D eigenvalue weighted by Gasteiger charge is 2.63. The summed E-state index contributed by atoms with van der Waals surface area (Å²) in [6, 6.07) is 9.42. The molecular weight excluding hydrogens is 460 g/mol. The topological polar surface area (TPSA) is 62.3 Å². The minimum Gasteiger partial charge on any atom is -0.355 e. The number of aryl methyl sites for hydroxylation is 2. The molecule has 0 bridgehead atoms. The maximum Gasteiger partial charge on any atom is 0.251 e. The molecule has 0 saturated heterocycles. The zero-order valence-corrected chi connectivity index (χ0v) is 22.3. The zero-order chi connectivity index (χ0) is 26.7. The summed E-state index contributed by atoms with van der Waals surface area (Å²) in [5.41, 5.74) is 3.17. The monoisotopic (exact) mass is 499 g/mol. The Kier molecular flexibility index (Phi) is 8.65. The number of carbonyl (C=O) groups excluding carboxylic acids is 2. The van der Waals surface area contributed by atoms with Crippen molar-refractivity contribution >= 4 is 11.7 Å². The Morgan fingerprint density at radius 1 is 1.17 bits per heavy atom. The average Bonchev–Trinajstić information content (AvgIpc) is 3.63. The van der Waals surface area contributed by atoms with Crippen molar-refractivity contribution in [3.05, 3.63) is 64.5 Å². The molecule has 1 saturated carbocycles. The van der Waals surface area contributed by atoms with Crippen LogP contribution in [0.5, 0.6) is 0 Å². The van der Waals surface area contributed by atoms with E-state index in [1.807, 2.05) is 65.2 Å². The fourth-order valence-electron chi connectivity index (χ4n) is 5.03. The molecule has 1 aliphatic rings. The van der Waals surface area contributed by atoms with Crippen LogP contribution in [0.25, 0.3) is 0 Å². The number of Topliss-reactive ketones (excluding diaryl/α,β-unsaturated/α-hetero) is 1. The number of benzene rings is 1. The van der Waals surface area contributed by atoms with Gasteiger partial charge in [0.05, 0.1) is 0 Å². The lowest BCUT2D eigenvalue weighted by Gasteiger charge is -2.32. The van der Waals surface area contributed by atoms with Gasteiger partial charge in [-0.3, -0.25) is 14.6 Å². The first-order valence-electron chi connectivity index (χ1n) is 12.7. The van der Waals surface area contributed by atoms with Crippen LogP contribution in [0.1, 0.15) is 78.2 Å². The van der Waals surface area contributed by atoms with Gasteiger partial charge in [-0.1, -0.05) is 25.1 Å². The molecule has 36 heavy (non-hydrogen) atoms. The second kappa shape index (κ2) is 11.2. The number of aromatic nitrogens is 1. The van der Waals surface area contributed by atoms with E-state index in [1.165, 1.54) is 0 Å². The summed E-state index contributed by atoms with van der Waals surface area (Å²) in [6.07, 6.45) is 3.60. The van der Waals surface area contributed by atoms with Gasteiger partial charge in [-0.15, -0.1) is 0 Å². The molecule has 2 atom stereocenters. The number of carbonyl (C=O) groups is 2. The largest absolute Gasteiger partial charge is 0.355 e. The fraction of sp³-hybridized carbons (Fsp3) is 0.552. The number of amides is 1. The van der Waals surface area contributed by atoms with Crippen LogP contribution in [0, 0.1) is 19.3 Å². The quantitative estimate of drug-likeness (QED) is 0.392. The molecule has 0 aliphatic heterocycles. The third kappa shape index (κ3) is 6.36. The van der Waals surface area contributed by atoms with E-state index in [0.29, 0.717) is 43.4 Å². The van der Waals surface area contributed by atoms with Gasteiger partial charge in [0.1, 0.15) is 0 Å². The Morgan fingerprint density at radius 2 is 1.86 bits per heavy atom. The summed E-state index contributed by atoms with van der Waals surface area (Å²) in [7, 11) is 3.91. The van der Waals surface area contributed by atoms with E-state index in [1.54, 1.807) is 6.20 Å². The van der Waals surface area contributed by atoms with Crippen molar-refractivity contribution in [1.82, 2.24) is 15.2 Å². The number of pyridine rings is 1. The molecular formula is C29H39F2N3O2. The lowest BCUT2D eigenvalue weighted by molar-refractivity contribution is -0.123. The fourth-order valence-corrected chi connectivity index (χ4v) is 5.03. The van der Waals surface area contributed by atoms with Gasteiger partial charge in [0.2, 0.25) is 5.91 Å². The van der Waals surface area contributed by atoms with Crippen molar-refractivity contribution in [2.75, 3.05) is 20.6 Å². The van der Waals surface area contributed by atoms with Crippen LogP contribution < -0.4 is 5.32 Å². The van der Waals surface area contributed by atoms with Crippen molar-refractivity contribution < 1.29 is 18.4 Å². The molecule has 0 radical (unpaired) electrons. The Bertz CT molecular complexity index is 1070. The molecule has 0 unspecified atom stereocenters. The molecule has 0 spiro atoms. The molecule has 3 rings (SSSR count). The highest BCUT2D eigenvalue weighted by atomic mass is 19.3. The number of nitrogens with one attached hydrogen (secondary N) is 1. The molecule has 2 aromatic rings. The standard InChI is InChI=1S/C29H39F2N3O2/c1-7-26(35)22-11-10-21(19(2)14-22)15-24(34(5)6)18-33-27(36)16-25(23-9-8-20(3)32-17-23)29(12-13-29)28(4,30)31/h8-11,14,17,24-25H,7,12-13,15-16,18H2,1-6H3,(H,33,36)/t24-,25-/m0/s1. The third-order valence-corrected chi connectivity index (χ3v) is 7.76. The molecule has 1 aliphatic carbocycles. The first kappa shape index (κ1) is 27.9. The Labute approximate surface area is 213 Å². The molecule has 1 aromatic heterocycles. The number of hydrogen-bond donors (Lipinski definition) is 1. The lowest BCUT2D eigenvalue weighted by Crippen LogP contribution is -2.43. The van der Waals surface area contributed by atoms with Gasteiger partial charge in [0, 0.05) is 54.2 Å². The Balaban J connectivity index is 1.70. The van der Waals surface area contributed by atoms with Gasteiger partial charge < -0.3 is 10.2 Å². The van der Waals surface area contributed by atoms with Crippen molar-refractivity contribution in [2.45, 2.75) is 77.7 Å². The summed E-state index contributed by atoms with van der Waals surface area (Å²) in [5, 5.41) is 3.01. The SMILES string of the molecule is CCC(=O)c1ccc(C[C@@H](CNC(=O)C[C@@H](c2ccc(C)nc2)C2(C(C)(F)F)CC2)N(C)C)c(C)c1. The van der Waals surface area contributed by atoms with Crippen molar-refractivity contribution in [2.24, 2.45) is 5.41 Å². The highest BCUT2D eigenvalue weighted by molar-refractivity contribution is 5.96. The number of ketones is 1. The summed E-state index contributed by atoms with van der Waals surface area (Å²) >= 11 is 0. The van der Waals surface area contributed by atoms with Gasteiger partial charge in [-0.25, -0.2) is 8.78 Å². The predicted octanol–water partition coefficient (Wildman–Crippen LogP) is 5.49. The van der Waals surface area contributed by atoms with E-state index < -0.39 is 17.3 Å². The van der Waals surface area contributed by atoms with Gasteiger partial charge >= 0.3 is 0 Å². The minimum atomic E-state index is -2.88. The van der Waals surface area contributed by atoms with Crippen LogP contribution in [-0.4, -0.2) is 54.2 Å². The van der Waals surface area contributed by atoms with E-state index in [2.05, 4.69) is 15.2 Å². The number of rotatable bonds is 12. The maximum absolute atomic E-state index is 14.6. The molecule has 1 amide bonds. The van der Waals surface area contributed by atoms with Crippen molar-refractivity contribution in [3.8, 4) is 0 Å². The molecule has 196 valence electrons. The van der Waals surface area contributed by atoms with Crippen LogP contribution in [-0.2, 0) is 11.2 Å². The van der Waals surface area contributed by atoms with E-state index in [0.717, 1.165) is 23.7 Å². The summed E-state index contributed by atoms with van der Waals surface area (Å²) in [4.78, 5) is 31.4. The molecule has 1 heterocycles.